The third-order valence-electron chi connectivity index (χ3n) is 3.15. The van der Waals surface area contributed by atoms with Crippen molar-refractivity contribution in [1.29, 1.82) is 0 Å². The summed E-state index contributed by atoms with van der Waals surface area (Å²) in [5, 5.41) is 0. The molecule has 1 aliphatic rings. The predicted molar refractivity (Wildman–Crippen MR) is 68.6 cm³/mol. The van der Waals surface area contributed by atoms with Crippen molar-refractivity contribution in [3.05, 3.63) is 18.2 Å². The fourth-order valence-electron chi connectivity index (χ4n) is 2.07. The molecule has 17 heavy (non-hydrogen) atoms. The Bertz CT molecular complexity index is 374. The number of likely N-dealkylation sites (tertiary alicyclic amines) is 1. The quantitative estimate of drug-likeness (QED) is 0.812. The fraction of sp³-hybridized carbons (Fsp3) is 0.538. The number of methoxy groups -OCH3 is 1. The van der Waals surface area contributed by atoms with E-state index in [-0.39, 0.29) is 6.10 Å². The summed E-state index contributed by atoms with van der Waals surface area (Å²) in [4.78, 5) is 2.32. The van der Waals surface area contributed by atoms with Crippen LogP contribution in [0.5, 0.6) is 11.5 Å². The minimum atomic E-state index is 0.266. The Balaban J connectivity index is 2.04. The first-order valence-corrected chi connectivity index (χ1v) is 5.98. The number of rotatable bonds is 3. The highest BCUT2D eigenvalue weighted by molar-refractivity contribution is 5.52. The molecular weight excluding hydrogens is 216 g/mol. The molecule has 1 heterocycles. The molecule has 0 atom stereocenters. The minimum absolute atomic E-state index is 0.266. The smallest absolute Gasteiger partial charge is 0.163 e. The van der Waals surface area contributed by atoms with E-state index in [1.807, 2.05) is 18.2 Å². The lowest BCUT2D eigenvalue weighted by Gasteiger charge is -2.29. The van der Waals surface area contributed by atoms with Gasteiger partial charge in [0, 0.05) is 24.8 Å². The van der Waals surface area contributed by atoms with E-state index in [0.717, 1.165) is 37.4 Å². The van der Waals surface area contributed by atoms with Crippen LogP contribution < -0.4 is 15.2 Å². The zero-order valence-corrected chi connectivity index (χ0v) is 10.5. The van der Waals surface area contributed by atoms with Gasteiger partial charge in [-0.2, -0.15) is 0 Å². The molecule has 0 bridgehead atoms. The van der Waals surface area contributed by atoms with Crippen LogP contribution in [0, 0.1) is 0 Å². The highest BCUT2D eigenvalue weighted by Crippen LogP contribution is 2.31. The van der Waals surface area contributed by atoms with Gasteiger partial charge in [-0.3, -0.25) is 0 Å². The first kappa shape index (κ1) is 12.0. The molecule has 1 aromatic carbocycles. The molecule has 0 saturated carbocycles. The number of ether oxygens (including phenoxy) is 2. The van der Waals surface area contributed by atoms with Crippen LogP contribution >= 0.6 is 0 Å². The van der Waals surface area contributed by atoms with Crippen molar-refractivity contribution in [1.82, 2.24) is 4.90 Å². The van der Waals surface area contributed by atoms with Crippen molar-refractivity contribution >= 4 is 5.69 Å². The van der Waals surface area contributed by atoms with Crippen LogP contribution in [0.1, 0.15) is 12.8 Å². The summed E-state index contributed by atoms with van der Waals surface area (Å²) in [5.74, 6) is 1.50. The summed E-state index contributed by atoms with van der Waals surface area (Å²) in [5.41, 5.74) is 6.47. The topological polar surface area (TPSA) is 47.7 Å². The normalized spacial score (nSPS) is 18.0. The van der Waals surface area contributed by atoms with Gasteiger partial charge in [-0.05, 0) is 32.0 Å². The Hall–Kier alpha value is -1.42. The van der Waals surface area contributed by atoms with Crippen LogP contribution in [0.3, 0.4) is 0 Å². The molecule has 0 amide bonds. The molecule has 94 valence electrons. The van der Waals surface area contributed by atoms with Gasteiger partial charge in [-0.1, -0.05) is 0 Å². The molecule has 4 heteroatoms. The zero-order chi connectivity index (χ0) is 12.3. The summed E-state index contributed by atoms with van der Waals surface area (Å²) < 4.78 is 11.2. The molecule has 0 unspecified atom stereocenters. The molecule has 0 aromatic heterocycles. The van der Waals surface area contributed by atoms with E-state index in [0.29, 0.717) is 5.69 Å². The predicted octanol–water partition coefficient (Wildman–Crippen LogP) is 1.75. The number of nitrogen functional groups attached to an aromatic ring is 1. The first-order chi connectivity index (χ1) is 8.19. The Morgan fingerprint density at radius 3 is 2.59 bits per heavy atom. The second-order valence-corrected chi connectivity index (χ2v) is 4.53. The zero-order valence-electron chi connectivity index (χ0n) is 10.5. The summed E-state index contributed by atoms with van der Waals surface area (Å²) in [6, 6.07) is 5.50. The third kappa shape index (κ3) is 3.03. The van der Waals surface area contributed by atoms with E-state index < -0.39 is 0 Å². The maximum Gasteiger partial charge on any atom is 0.163 e. The summed E-state index contributed by atoms with van der Waals surface area (Å²) in [7, 11) is 3.78. The van der Waals surface area contributed by atoms with Crippen molar-refractivity contribution in [2.45, 2.75) is 18.9 Å². The van der Waals surface area contributed by atoms with Gasteiger partial charge in [0.25, 0.3) is 0 Å². The Morgan fingerprint density at radius 2 is 1.94 bits per heavy atom. The number of piperidine rings is 1. The standard InChI is InChI=1S/C13H20N2O2/c1-15-7-5-11(6-8-15)17-13-9-10(14)3-4-12(13)16-2/h3-4,9,11H,5-8,14H2,1-2H3. The lowest BCUT2D eigenvalue weighted by molar-refractivity contribution is 0.111. The minimum Gasteiger partial charge on any atom is -0.493 e. The van der Waals surface area contributed by atoms with Crippen molar-refractivity contribution in [3.8, 4) is 11.5 Å². The fourth-order valence-corrected chi connectivity index (χ4v) is 2.07. The van der Waals surface area contributed by atoms with E-state index in [4.69, 9.17) is 15.2 Å². The lowest BCUT2D eigenvalue weighted by Crippen LogP contribution is -2.35. The van der Waals surface area contributed by atoms with Crippen LogP contribution in [0.2, 0.25) is 0 Å². The SMILES string of the molecule is COc1ccc(N)cc1OC1CCN(C)CC1. The van der Waals surface area contributed by atoms with Crippen molar-refractivity contribution in [3.63, 3.8) is 0 Å². The molecule has 1 saturated heterocycles. The number of nitrogens with zero attached hydrogens (tertiary/aromatic N) is 1. The van der Waals surface area contributed by atoms with Gasteiger partial charge in [0.05, 0.1) is 7.11 Å². The molecule has 2 rings (SSSR count). The summed E-state index contributed by atoms with van der Waals surface area (Å²) in [6.07, 6.45) is 2.37. The van der Waals surface area contributed by atoms with Gasteiger partial charge in [-0.15, -0.1) is 0 Å². The monoisotopic (exact) mass is 236 g/mol. The second-order valence-electron chi connectivity index (χ2n) is 4.53. The molecule has 0 radical (unpaired) electrons. The number of hydrogen-bond donors (Lipinski definition) is 1. The molecule has 0 spiro atoms. The molecule has 1 aliphatic heterocycles. The van der Waals surface area contributed by atoms with Crippen molar-refractivity contribution < 1.29 is 9.47 Å². The highest BCUT2D eigenvalue weighted by atomic mass is 16.5. The summed E-state index contributed by atoms with van der Waals surface area (Å²) in [6.45, 7) is 2.16. The Labute approximate surface area is 102 Å². The summed E-state index contributed by atoms with van der Waals surface area (Å²) >= 11 is 0. The molecule has 1 fully saturated rings. The Kier molecular flexibility index (Phi) is 3.74. The van der Waals surface area contributed by atoms with Gasteiger partial charge in [-0.25, -0.2) is 0 Å². The van der Waals surface area contributed by atoms with Crippen LogP contribution in [0.4, 0.5) is 5.69 Å². The van der Waals surface area contributed by atoms with Gasteiger partial charge in [0.15, 0.2) is 11.5 Å². The largest absolute Gasteiger partial charge is 0.493 e. The first-order valence-electron chi connectivity index (χ1n) is 5.98. The molecule has 4 nitrogen and oxygen atoms in total. The van der Waals surface area contributed by atoms with Crippen LogP contribution in [-0.2, 0) is 0 Å². The van der Waals surface area contributed by atoms with Crippen molar-refractivity contribution in [2.75, 3.05) is 33.0 Å². The number of nitrogens with two attached hydrogens (primary N) is 1. The number of benzene rings is 1. The average molecular weight is 236 g/mol. The van der Waals surface area contributed by atoms with Gasteiger partial charge >= 0.3 is 0 Å². The van der Waals surface area contributed by atoms with E-state index in [1.165, 1.54) is 0 Å². The van der Waals surface area contributed by atoms with Crippen LogP contribution in [0.25, 0.3) is 0 Å². The van der Waals surface area contributed by atoms with Crippen LogP contribution in [-0.4, -0.2) is 38.3 Å². The van der Waals surface area contributed by atoms with Crippen molar-refractivity contribution in [2.24, 2.45) is 0 Å². The van der Waals surface area contributed by atoms with Gasteiger partial charge < -0.3 is 20.1 Å². The van der Waals surface area contributed by atoms with Gasteiger partial charge in [0.2, 0.25) is 0 Å². The average Bonchev–Trinajstić information content (AvgIpc) is 2.32. The van der Waals surface area contributed by atoms with E-state index in [2.05, 4.69) is 11.9 Å². The number of anilines is 1. The second kappa shape index (κ2) is 5.27. The molecule has 1 aromatic rings. The van der Waals surface area contributed by atoms with E-state index in [9.17, 15) is 0 Å². The van der Waals surface area contributed by atoms with E-state index in [1.54, 1.807) is 7.11 Å². The van der Waals surface area contributed by atoms with E-state index >= 15 is 0 Å². The third-order valence-corrected chi connectivity index (χ3v) is 3.15. The lowest BCUT2D eigenvalue weighted by atomic mass is 10.1. The maximum atomic E-state index is 5.97. The highest BCUT2D eigenvalue weighted by Gasteiger charge is 2.19. The van der Waals surface area contributed by atoms with Crippen LogP contribution in [0.15, 0.2) is 18.2 Å². The molecule has 0 aliphatic carbocycles. The Morgan fingerprint density at radius 1 is 1.24 bits per heavy atom. The maximum absolute atomic E-state index is 5.97. The molecule has 2 N–H and O–H groups in total. The van der Waals surface area contributed by atoms with Gasteiger partial charge in [0.1, 0.15) is 6.10 Å². The molecular formula is C13H20N2O2. The number of hydrogen-bond acceptors (Lipinski definition) is 4.